The second-order valence-electron chi connectivity index (χ2n) is 8.13. The second-order valence-corrected chi connectivity index (χ2v) is 8.13. The first-order chi connectivity index (χ1) is 14.6. The number of aryl methyl sites for hydroxylation is 1. The average molecular weight is 424 g/mol. The minimum absolute atomic E-state index is 0.171. The number of aromatic nitrogens is 1. The molecule has 1 aromatic carbocycles. The summed E-state index contributed by atoms with van der Waals surface area (Å²) < 4.78 is 12.5. The Hall–Kier alpha value is -3.53. The van der Waals surface area contributed by atoms with Crippen molar-refractivity contribution >= 4 is 18.0 Å². The van der Waals surface area contributed by atoms with Crippen LogP contribution in [0.5, 0.6) is 5.75 Å². The summed E-state index contributed by atoms with van der Waals surface area (Å²) in [4.78, 5) is 24.2. The van der Waals surface area contributed by atoms with Gasteiger partial charge in [0.05, 0.1) is 6.61 Å². The molecule has 1 N–H and O–H groups in total. The van der Waals surface area contributed by atoms with Crippen molar-refractivity contribution in [3.8, 4) is 17.5 Å². The molecule has 31 heavy (non-hydrogen) atoms. The molecule has 2 rings (SSSR count). The molecule has 7 heteroatoms. The number of amides is 1. The highest BCUT2D eigenvalue weighted by Crippen LogP contribution is 2.24. The van der Waals surface area contributed by atoms with Gasteiger partial charge in [-0.15, -0.1) is 0 Å². The topological polar surface area (TPSA) is 93.3 Å². The number of nitrogens with one attached hydrogen (secondary N) is 1. The first-order valence-corrected chi connectivity index (χ1v) is 10.1. The molecule has 0 atom stereocenters. The number of esters is 1. The van der Waals surface area contributed by atoms with Gasteiger partial charge in [0, 0.05) is 22.6 Å². The van der Waals surface area contributed by atoms with Crippen molar-refractivity contribution in [3.05, 3.63) is 52.9 Å². The third-order valence-electron chi connectivity index (χ3n) is 4.37. The summed E-state index contributed by atoms with van der Waals surface area (Å²) in [6, 6.07) is 11.5. The lowest BCUT2D eigenvalue weighted by Crippen LogP contribution is -2.42. The van der Waals surface area contributed by atoms with E-state index in [0.29, 0.717) is 6.61 Å². The fraction of sp³-hybridized carbons (Fsp3) is 0.375. The molecule has 2 aromatic rings. The van der Waals surface area contributed by atoms with Crippen molar-refractivity contribution in [2.75, 3.05) is 13.2 Å². The molecule has 7 nitrogen and oxygen atoms in total. The van der Waals surface area contributed by atoms with Crippen LogP contribution in [0.3, 0.4) is 0 Å². The zero-order valence-electron chi connectivity index (χ0n) is 18.9. The molecule has 0 aliphatic heterocycles. The van der Waals surface area contributed by atoms with E-state index >= 15 is 0 Å². The quantitative estimate of drug-likeness (QED) is 0.415. The standard InChI is InChI=1S/C24H29N3O4/c1-7-30-21-10-8-20(9-11-21)27-16(2)12-18(17(27)3)13-19(14-25)23(29)31-15-22(28)26-24(4,5)6/h8-13H,7,15H2,1-6H3,(H,26,28)/b19-13+. The lowest BCUT2D eigenvalue weighted by atomic mass is 10.1. The molecule has 0 saturated heterocycles. The van der Waals surface area contributed by atoms with E-state index in [-0.39, 0.29) is 5.57 Å². The maximum Gasteiger partial charge on any atom is 0.349 e. The summed E-state index contributed by atoms with van der Waals surface area (Å²) in [5.74, 6) is -0.469. The lowest BCUT2D eigenvalue weighted by molar-refractivity contribution is -0.144. The summed E-state index contributed by atoms with van der Waals surface area (Å²) in [6.07, 6.45) is 1.48. The zero-order chi connectivity index (χ0) is 23.2. The van der Waals surface area contributed by atoms with Gasteiger partial charge in [-0.2, -0.15) is 5.26 Å². The number of rotatable bonds is 7. The largest absolute Gasteiger partial charge is 0.494 e. The smallest absolute Gasteiger partial charge is 0.349 e. The Morgan fingerprint density at radius 2 is 1.84 bits per heavy atom. The molecule has 1 aromatic heterocycles. The highest BCUT2D eigenvalue weighted by Gasteiger charge is 2.18. The Morgan fingerprint density at radius 1 is 1.19 bits per heavy atom. The Kier molecular flexibility index (Phi) is 7.65. The van der Waals surface area contributed by atoms with Gasteiger partial charge in [0.15, 0.2) is 6.61 Å². The van der Waals surface area contributed by atoms with E-state index in [9.17, 15) is 14.9 Å². The van der Waals surface area contributed by atoms with Crippen molar-refractivity contribution in [1.29, 1.82) is 5.26 Å². The molecular formula is C24H29N3O4. The molecule has 1 heterocycles. The van der Waals surface area contributed by atoms with E-state index in [1.807, 2.05) is 82.5 Å². The molecule has 0 radical (unpaired) electrons. The Balaban J connectivity index is 2.21. The van der Waals surface area contributed by atoms with E-state index in [0.717, 1.165) is 28.4 Å². The van der Waals surface area contributed by atoms with Crippen LogP contribution in [0.15, 0.2) is 35.9 Å². The average Bonchev–Trinajstić information content (AvgIpc) is 2.97. The van der Waals surface area contributed by atoms with Crippen LogP contribution in [0.25, 0.3) is 11.8 Å². The van der Waals surface area contributed by atoms with Gasteiger partial charge in [0.25, 0.3) is 5.91 Å². The van der Waals surface area contributed by atoms with Gasteiger partial charge in [0.1, 0.15) is 17.4 Å². The fourth-order valence-corrected chi connectivity index (χ4v) is 3.14. The maximum atomic E-state index is 12.3. The number of hydrogen-bond donors (Lipinski definition) is 1. The minimum Gasteiger partial charge on any atom is -0.494 e. The number of carbonyl (C=O) groups is 2. The maximum absolute atomic E-state index is 12.3. The van der Waals surface area contributed by atoms with E-state index in [1.54, 1.807) is 0 Å². The van der Waals surface area contributed by atoms with Gasteiger partial charge in [0.2, 0.25) is 0 Å². The normalized spacial score (nSPS) is 11.6. The predicted octanol–water partition coefficient (Wildman–Crippen LogP) is 3.86. The van der Waals surface area contributed by atoms with Crippen molar-refractivity contribution in [2.24, 2.45) is 0 Å². The van der Waals surface area contributed by atoms with Gasteiger partial charge in [-0.05, 0) is 83.5 Å². The minimum atomic E-state index is -0.836. The second kappa shape index (κ2) is 9.98. The molecule has 0 spiro atoms. The van der Waals surface area contributed by atoms with Crippen LogP contribution in [0, 0.1) is 25.2 Å². The van der Waals surface area contributed by atoms with Gasteiger partial charge < -0.3 is 19.4 Å². The number of carbonyl (C=O) groups excluding carboxylic acids is 2. The highest BCUT2D eigenvalue weighted by molar-refractivity contribution is 5.99. The van der Waals surface area contributed by atoms with Crippen LogP contribution in [0.4, 0.5) is 0 Å². The molecule has 0 aliphatic carbocycles. The van der Waals surface area contributed by atoms with Crippen LogP contribution in [-0.2, 0) is 14.3 Å². The molecule has 164 valence electrons. The van der Waals surface area contributed by atoms with Crippen molar-refractivity contribution in [1.82, 2.24) is 9.88 Å². The molecular weight excluding hydrogens is 394 g/mol. The first-order valence-electron chi connectivity index (χ1n) is 10.1. The first kappa shape index (κ1) is 23.7. The van der Waals surface area contributed by atoms with Crippen LogP contribution in [0.2, 0.25) is 0 Å². The van der Waals surface area contributed by atoms with Gasteiger partial charge in [-0.1, -0.05) is 0 Å². The number of nitriles is 1. The molecule has 0 aliphatic rings. The van der Waals surface area contributed by atoms with Crippen LogP contribution >= 0.6 is 0 Å². The van der Waals surface area contributed by atoms with Crippen LogP contribution in [-0.4, -0.2) is 35.2 Å². The molecule has 0 bridgehead atoms. The molecule has 0 fully saturated rings. The zero-order valence-corrected chi connectivity index (χ0v) is 18.9. The Bertz CT molecular complexity index is 1020. The molecule has 1 amide bonds. The summed E-state index contributed by atoms with van der Waals surface area (Å²) >= 11 is 0. The predicted molar refractivity (Wildman–Crippen MR) is 119 cm³/mol. The fourth-order valence-electron chi connectivity index (χ4n) is 3.14. The van der Waals surface area contributed by atoms with E-state index in [4.69, 9.17) is 9.47 Å². The van der Waals surface area contributed by atoms with Crippen molar-refractivity contribution in [3.63, 3.8) is 0 Å². The summed E-state index contributed by atoms with van der Waals surface area (Å²) in [6.45, 7) is 11.4. The number of ether oxygens (including phenoxy) is 2. The van der Waals surface area contributed by atoms with E-state index in [2.05, 4.69) is 5.32 Å². The van der Waals surface area contributed by atoms with Gasteiger partial charge in [-0.25, -0.2) is 4.79 Å². The van der Waals surface area contributed by atoms with Gasteiger partial charge >= 0.3 is 5.97 Å². The third kappa shape index (κ3) is 6.48. The van der Waals surface area contributed by atoms with E-state index < -0.39 is 24.0 Å². The molecule has 0 saturated carbocycles. The number of hydrogen-bond acceptors (Lipinski definition) is 5. The number of nitrogens with zero attached hydrogens (tertiary/aromatic N) is 2. The SMILES string of the molecule is CCOc1ccc(-n2c(C)cc(/C=C(\C#N)C(=O)OCC(=O)NC(C)(C)C)c2C)cc1. The summed E-state index contributed by atoms with van der Waals surface area (Å²) in [5.41, 5.74) is 2.87. The van der Waals surface area contributed by atoms with Crippen molar-refractivity contribution in [2.45, 2.75) is 47.1 Å². The lowest BCUT2D eigenvalue weighted by Gasteiger charge is -2.20. The van der Waals surface area contributed by atoms with Crippen molar-refractivity contribution < 1.29 is 19.1 Å². The number of benzene rings is 1. The van der Waals surface area contributed by atoms with E-state index in [1.165, 1.54) is 6.08 Å². The highest BCUT2D eigenvalue weighted by atomic mass is 16.5. The summed E-state index contributed by atoms with van der Waals surface area (Å²) in [5, 5.41) is 12.1. The monoisotopic (exact) mass is 423 g/mol. The Morgan fingerprint density at radius 3 is 2.39 bits per heavy atom. The van der Waals surface area contributed by atoms with Crippen LogP contribution in [0.1, 0.15) is 44.6 Å². The van der Waals surface area contributed by atoms with Crippen LogP contribution < -0.4 is 10.1 Å². The van der Waals surface area contributed by atoms with Gasteiger partial charge in [-0.3, -0.25) is 4.79 Å². The third-order valence-corrected chi connectivity index (χ3v) is 4.37. The Labute approximate surface area is 183 Å². The summed E-state index contributed by atoms with van der Waals surface area (Å²) in [7, 11) is 0. The molecule has 0 unspecified atom stereocenters.